The summed E-state index contributed by atoms with van der Waals surface area (Å²) in [4.78, 5) is 15.3. The SMILES string of the molecule is CC(C)(CO)CNc1nc2sccn2c1[N+](=O)[O-]. The average molecular weight is 270 g/mol. The maximum absolute atomic E-state index is 11.0. The lowest BCUT2D eigenvalue weighted by Gasteiger charge is -2.21. The molecule has 0 aliphatic carbocycles. The van der Waals surface area contributed by atoms with E-state index in [9.17, 15) is 10.1 Å². The molecule has 2 aromatic heterocycles. The first-order chi connectivity index (χ1) is 8.44. The second-order valence-electron chi connectivity index (χ2n) is 4.77. The highest BCUT2D eigenvalue weighted by Crippen LogP contribution is 2.28. The molecule has 0 atom stereocenters. The molecule has 0 bridgehead atoms. The summed E-state index contributed by atoms with van der Waals surface area (Å²) in [6.07, 6.45) is 1.62. The molecule has 0 radical (unpaired) electrons. The molecule has 0 unspecified atom stereocenters. The number of nitrogens with zero attached hydrogens (tertiary/aromatic N) is 3. The number of nitrogens with one attached hydrogen (secondary N) is 1. The van der Waals surface area contributed by atoms with E-state index in [0.717, 1.165) is 0 Å². The lowest BCUT2D eigenvalue weighted by atomic mass is 9.95. The molecule has 7 nitrogen and oxygen atoms in total. The summed E-state index contributed by atoms with van der Waals surface area (Å²) in [6, 6.07) is 0. The number of fused-ring (bicyclic) bond motifs is 1. The third kappa shape index (κ3) is 2.29. The van der Waals surface area contributed by atoms with Crippen molar-refractivity contribution < 1.29 is 10.0 Å². The van der Waals surface area contributed by atoms with Crippen LogP contribution >= 0.6 is 11.3 Å². The molecule has 2 heterocycles. The molecule has 98 valence electrons. The second kappa shape index (κ2) is 4.54. The molecule has 0 fully saturated rings. The minimum absolute atomic E-state index is 0.00395. The van der Waals surface area contributed by atoms with Gasteiger partial charge in [-0.3, -0.25) is 0 Å². The van der Waals surface area contributed by atoms with Crippen LogP contribution in [0.15, 0.2) is 11.6 Å². The van der Waals surface area contributed by atoms with Crippen LogP contribution in [-0.2, 0) is 0 Å². The van der Waals surface area contributed by atoms with E-state index in [-0.39, 0.29) is 23.7 Å². The molecule has 0 amide bonds. The Morgan fingerprint density at radius 3 is 3.00 bits per heavy atom. The Morgan fingerprint density at radius 1 is 1.67 bits per heavy atom. The number of hydrogen-bond acceptors (Lipinski definition) is 6. The Morgan fingerprint density at radius 2 is 2.39 bits per heavy atom. The van der Waals surface area contributed by atoms with E-state index in [2.05, 4.69) is 10.3 Å². The first kappa shape index (κ1) is 12.8. The van der Waals surface area contributed by atoms with Crippen molar-refractivity contribution >= 4 is 27.9 Å². The van der Waals surface area contributed by atoms with E-state index in [1.807, 2.05) is 13.8 Å². The van der Waals surface area contributed by atoms with Crippen molar-refractivity contribution in [3.8, 4) is 0 Å². The van der Waals surface area contributed by atoms with Crippen LogP contribution in [0.2, 0.25) is 0 Å². The van der Waals surface area contributed by atoms with E-state index in [1.54, 1.807) is 11.6 Å². The minimum Gasteiger partial charge on any atom is -0.396 e. The van der Waals surface area contributed by atoms with E-state index >= 15 is 0 Å². The molecule has 0 saturated carbocycles. The van der Waals surface area contributed by atoms with Gasteiger partial charge in [0.05, 0.1) is 0 Å². The lowest BCUT2D eigenvalue weighted by molar-refractivity contribution is -0.389. The van der Waals surface area contributed by atoms with Gasteiger partial charge < -0.3 is 20.5 Å². The van der Waals surface area contributed by atoms with E-state index in [0.29, 0.717) is 11.5 Å². The molecule has 8 heteroatoms. The van der Waals surface area contributed by atoms with Gasteiger partial charge in [-0.2, -0.15) is 9.38 Å². The summed E-state index contributed by atoms with van der Waals surface area (Å²) in [5.74, 6) is 0.174. The van der Waals surface area contributed by atoms with E-state index in [1.165, 1.54) is 15.7 Å². The lowest BCUT2D eigenvalue weighted by Crippen LogP contribution is -2.27. The van der Waals surface area contributed by atoms with Crippen LogP contribution < -0.4 is 5.32 Å². The Bertz CT molecular complexity index is 575. The molecule has 0 aromatic carbocycles. The quantitative estimate of drug-likeness (QED) is 0.637. The van der Waals surface area contributed by atoms with Gasteiger partial charge in [-0.1, -0.05) is 25.2 Å². The summed E-state index contributed by atoms with van der Waals surface area (Å²) in [6.45, 7) is 4.14. The first-order valence-corrected chi connectivity index (χ1v) is 6.27. The highest BCUT2D eigenvalue weighted by molar-refractivity contribution is 7.15. The molecule has 0 aliphatic heterocycles. The predicted molar refractivity (Wildman–Crippen MR) is 69.1 cm³/mol. The summed E-state index contributed by atoms with van der Waals surface area (Å²) in [7, 11) is 0. The van der Waals surface area contributed by atoms with Crippen molar-refractivity contribution in [2.75, 3.05) is 18.5 Å². The normalized spacial score (nSPS) is 11.9. The monoisotopic (exact) mass is 270 g/mol. The van der Waals surface area contributed by atoms with Crippen LogP contribution in [0.1, 0.15) is 13.8 Å². The summed E-state index contributed by atoms with van der Waals surface area (Å²) >= 11 is 1.34. The van der Waals surface area contributed by atoms with Crippen molar-refractivity contribution in [1.29, 1.82) is 0 Å². The van der Waals surface area contributed by atoms with Gasteiger partial charge in [0, 0.05) is 23.9 Å². The van der Waals surface area contributed by atoms with Gasteiger partial charge in [0.15, 0.2) is 0 Å². The van der Waals surface area contributed by atoms with Crippen LogP contribution in [0.3, 0.4) is 0 Å². The molecule has 18 heavy (non-hydrogen) atoms. The van der Waals surface area contributed by atoms with Crippen LogP contribution in [0.4, 0.5) is 11.6 Å². The number of aliphatic hydroxyl groups is 1. The topological polar surface area (TPSA) is 92.7 Å². The molecular weight excluding hydrogens is 256 g/mol. The number of nitro groups is 1. The van der Waals surface area contributed by atoms with Gasteiger partial charge in [0.1, 0.15) is 6.20 Å². The molecule has 0 aliphatic rings. The Kier molecular flexibility index (Phi) is 3.22. The highest BCUT2D eigenvalue weighted by Gasteiger charge is 2.25. The zero-order valence-corrected chi connectivity index (χ0v) is 10.9. The maximum atomic E-state index is 11.0. The average Bonchev–Trinajstić information content (AvgIpc) is 2.85. The fraction of sp³-hybridized carbons (Fsp3) is 0.500. The molecule has 0 saturated heterocycles. The number of aliphatic hydroxyl groups excluding tert-OH is 1. The zero-order chi connectivity index (χ0) is 13.3. The standard InChI is InChI=1S/C10H14N4O3S/c1-10(2,6-15)5-11-7-8(14(16)17)13-3-4-18-9(13)12-7/h3-4,11,15H,5-6H2,1-2H3. The van der Waals surface area contributed by atoms with Crippen molar-refractivity contribution in [2.24, 2.45) is 5.41 Å². The van der Waals surface area contributed by atoms with Gasteiger partial charge in [-0.05, 0) is 4.92 Å². The van der Waals surface area contributed by atoms with Gasteiger partial charge >= 0.3 is 5.82 Å². The Hall–Kier alpha value is -1.67. The van der Waals surface area contributed by atoms with E-state index in [4.69, 9.17) is 5.11 Å². The van der Waals surface area contributed by atoms with Gasteiger partial charge in [-0.15, -0.1) is 0 Å². The predicted octanol–water partition coefficient (Wildman–Crippen LogP) is 1.73. The number of aromatic nitrogens is 2. The number of hydrogen-bond donors (Lipinski definition) is 2. The first-order valence-electron chi connectivity index (χ1n) is 5.39. The smallest absolute Gasteiger partial charge is 0.372 e. The van der Waals surface area contributed by atoms with Crippen LogP contribution in [-0.4, -0.2) is 32.6 Å². The maximum Gasteiger partial charge on any atom is 0.372 e. The second-order valence-corrected chi connectivity index (χ2v) is 5.65. The fourth-order valence-corrected chi connectivity index (χ4v) is 2.15. The van der Waals surface area contributed by atoms with Gasteiger partial charge in [0.25, 0.3) is 4.96 Å². The third-order valence-electron chi connectivity index (χ3n) is 2.57. The largest absolute Gasteiger partial charge is 0.396 e. The number of rotatable bonds is 5. The van der Waals surface area contributed by atoms with Crippen LogP contribution in [0, 0.1) is 15.5 Å². The minimum atomic E-state index is -0.457. The summed E-state index contributed by atoms with van der Waals surface area (Å²) in [5.41, 5.74) is -0.356. The third-order valence-corrected chi connectivity index (χ3v) is 3.33. The molecular formula is C10H14N4O3S. The zero-order valence-electron chi connectivity index (χ0n) is 10.1. The fourth-order valence-electron chi connectivity index (χ4n) is 1.45. The molecule has 2 aromatic rings. The highest BCUT2D eigenvalue weighted by atomic mass is 32.1. The van der Waals surface area contributed by atoms with Crippen molar-refractivity contribution in [2.45, 2.75) is 13.8 Å². The Balaban J connectivity index is 2.30. The number of imidazole rings is 1. The number of anilines is 1. The van der Waals surface area contributed by atoms with Gasteiger partial charge in [-0.25, -0.2) is 0 Å². The van der Waals surface area contributed by atoms with Crippen molar-refractivity contribution in [3.63, 3.8) is 0 Å². The van der Waals surface area contributed by atoms with E-state index < -0.39 is 4.92 Å². The summed E-state index contributed by atoms with van der Waals surface area (Å²) < 4.78 is 1.44. The summed E-state index contributed by atoms with van der Waals surface area (Å²) in [5, 5.41) is 24.9. The van der Waals surface area contributed by atoms with Crippen molar-refractivity contribution in [3.05, 3.63) is 21.7 Å². The van der Waals surface area contributed by atoms with Crippen LogP contribution in [0.25, 0.3) is 4.96 Å². The molecule has 2 rings (SSSR count). The van der Waals surface area contributed by atoms with Crippen molar-refractivity contribution in [1.82, 2.24) is 9.38 Å². The Labute approximate surface area is 107 Å². The number of thiazole rings is 1. The molecule has 0 spiro atoms. The van der Waals surface area contributed by atoms with Crippen LogP contribution in [0.5, 0.6) is 0 Å². The van der Waals surface area contributed by atoms with Gasteiger partial charge in [0.2, 0.25) is 5.82 Å². The molecule has 2 N–H and O–H groups in total.